The standard InChI is InChI=1S/C26H28O6/c1-14-9-19-18-12-20(31-17(4)27)15(2)10-21(18)32-26(13-14)23(29)16(3)11-22(28)25(19,26)8-7-24(5,6)30/h7-12,19,30H,13H2,1-6H3. The molecule has 2 bridgehead atoms. The Kier molecular flexibility index (Phi) is 4.86. The monoisotopic (exact) mass is 436 g/mol. The van der Waals surface area contributed by atoms with Crippen LogP contribution < -0.4 is 9.47 Å². The van der Waals surface area contributed by atoms with E-state index in [1.165, 1.54) is 13.0 Å². The van der Waals surface area contributed by atoms with Crippen molar-refractivity contribution in [2.75, 3.05) is 0 Å². The van der Waals surface area contributed by atoms with E-state index in [9.17, 15) is 19.5 Å². The van der Waals surface area contributed by atoms with E-state index in [0.29, 0.717) is 28.2 Å². The molecule has 1 N–H and O–H groups in total. The number of fused-ring (bicyclic) bond motifs is 2. The molecule has 6 heteroatoms. The quantitative estimate of drug-likeness (QED) is 0.439. The zero-order valence-corrected chi connectivity index (χ0v) is 19.2. The minimum Gasteiger partial charge on any atom is -0.477 e. The van der Waals surface area contributed by atoms with Gasteiger partial charge in [-0.1, -0.05) is 23.8 Å². The largest absolute Gasteiger partial charge is 0.477 e. The van der Waals surface area contributed by atoms with E-state index in [0.717, 1.165) is 5.57 Å². The van der Waals surface area contributed by atoms with Gasteiger partial charge in [-0.25, -0.2) is 0 Å². The molecule has 0 amide bonds. The van der Waals surface area contributed by atoms with Gasteiger partial charge in [0.15, 0.2) is 11.4 Å². The van der Waals surface area contributed by atoms with Crippen molar-refractivity contribution in [3.63, 3.8) is 0 Å². The van der Waals surface area contributed by atoms with Gasteiger partial charge in [0.1, 0.15) is 16.9 Å². The average Bonchev–Trinajstić information content (AvgIpc) is 2.65. The molecule has 1 heterocycles. The lowest BCUT2D eigenvalue weighted by Gasteiger charge is -2.57. The van der Waals surface area contributed by atoms with Crippen molar-refractivity contribution in [1.29, 1.82) is 0 Å². The molecule has 0 saturated heterocycles. The van der Waals surface area contributed by atoms with E-state index in [1.54, 1.807) is 52.0 Å². The van der Waals surface area contributed by atoms with Gasteiger partial charge in [-0.3, -0.25) is 14.4 Å². The zero-order chi connectivity index (χ0) is 23.6. The highest BCUT2D eigenvalue weighted by Gasteiger charge is 2.70. The maximum atomic E-state index is 13.7. The second-order valence-electron chi connectivity index (χ2n) is 9.72. The number of hydrogen-bond acceptors (Lipinski definition) is 6. The Bertz CT molecular complexity index is 1150. The molecule has 1 aliphatic heterocycles. The van der Waals surface area contributed by atoms with E-state index in [-0.39, 0.29) is 18.0 Å². The fourth-order valence-electron chi connectivity index (χ4n) is 5.20. The van der Waals surface area contributed by atoms with Crippen LogP contribution in [0.3, 0.4) is 0 Å². The van der Waals surface area contributed by atoms with Gasteiger partial charge in [0, 0.05) is 24.8 Å². The summed E-state index contributed by atoms with van der Waals surface area (Å²) in [6.45, 7) is 9.90. The number of Topliss-reactive ketones (excluding diaryl/α,β-unsaturated/α-hetero) is 1. The Morgan fingerprint density at radius 2 is 1.94 bits per heavy atom. The second kappa shape index (κ2) is 7.01. The lowest BCUT2D eigenvalue weighted by atomic mass is 9.49. The topological polar surface area (TPSA) is 89.9 Å². The Labute approximate surface area is 187 Å². The molecule has 0 radical (unpaired) electrons. The molecule has 3 unspecified atom stereocenters. The van der Waals surface area contributed by atoms with Gasteiger partial charge in [-0.2, -0.15) is 0 Å². The van der Waals surface area contributed by atoms with Crippen molar-refractivity contribution < 1.29 is 29.0 Å². The Morgan fingerprint density at radius 3 is 2.56 bits per heavy atom. The first-order valence-electron chi connectivity index (χ1n) is 10.7. The maximum absolute atomic E-state index is 13.7. The summed E-state index contributed by atoms with van der Waals surface area (Å²) < 4.78 is 11.9. The SMILES string of the molecule is CC(=O)Oc1cc2c(cc1C)OC13CC(C)=CC2C1(C=CC(C)(C)O)C(=O)C=C(C)C3=O. The molecule has 2 aliphatic carbocycles. The summed E-state index contributed by atoms with van der Waals surface area (Å²) >= 11 is 0. The van der Waals surface area contributed by atoms with Crippen LogP contribution in [0.1, 0.15) is 58.1 Å². The van der Waals surface area contributed by atoms with E-state index < -0.39 is 28.5 Å². The summed E-state index contributed by atoms with van der Waals surface area (Å²) in [5.74, 6) is -0.587. The van der Waals surface area contributed by atoms with Crippen molar-refractivity contribution in [2.24, 2.45) is 5.41 Å². The molecule has 6 nitrogen and oxygen atoms in total. The number of aryl methyl sites for hydroxylation is 1. The third kappa shape index (κ3) is 3.08. The number of rotatable bonds is 3. The molecule has 1 aromatic carbocycles. The van der Waals surface area contributed by atoms with Crippen LogP contribution in [0.15, 0.2) is 47.6 Å². The average molecular weight is 437 g/mol. The predicted molar refractivity (Wildman–Crippen MR) is 119 cm³/mol. The molecular formula is C26H28O6. The fourth-order valence-corrected chi connectivity index (χ4v) is 5.20. The molecule has 0 saturated carbocycles. The van der Waals surface area contributed by atoms with E-state index in [2.05, 4.69) is 0 Å². The van der Waals surface area contributed by atoms with Crippen LogP contribution in [0.2, 0.25) is 0 Å². The third-order valence-electron chi connectivity index (χ3n) is 6.55. The number of allylic oxidation sites excluding steroid dienone is 2. The van der Waals surface area contributed by atoms with Crippen LogP contribution in [0.4, 0.5) is 0 Å². The molecule has 0 fully saturated rings. The first-order chi connectivity index (χ1) is 14.8. The number of carbonyl (C=O) groups excluding carboxylic acids is 3. The van der Waals surface area contributed by atoms with Gasteiger partial charge in [0.2, 0.25) is 5.78 Å². The van der Waals surface area contributed by atoms with Crippen LogP contribution in [-0.4, -0.2) is 33.8 Å². The van der Waals surface area contributed by atoms with Gasteiger partial charge in [0.25, 0.3) is 0 Å². The summed E-state index contributed by atoms with van der Waals surface area (Å²) in [7, 11) is 0. The highest BCUT2D eigenvalue weighted by molar-refractivity contribution is 6.18. The summed E-state index contributed by atoms with van der Waals surface area (Å²) in [5, 5.41) is 10.4. The molecule has 3 atom stereocenters. The van der Waals surface area contributed by atoms with E-state index in [1.807, 2.05) is 13.0 Å². The number of ketones is 2. The lowest BCUT2D eigenvalue weighted by Crippen LogP contribution is -2.68. The van der Waals surface area contributed by atoms with Gasteiger partial charge < -0.3 is 14.6 Å². The van der Waals surface area contributed by atoms with Crippen LogP contribution in [-0.2, 0) is 14.4 Å². The van der Waals surface area contributed by atoms with E-state index in [4.69, 9.17) is 9.47 Å². The Hall–Kier alpha value is -2.99. The maximum Gasteiger partial charge on any atom is 0.308 e. The number of benzene rings is 1. The Balaban J connectivity index is 2.06. The molecule has 4 rings (SSSR count). The van der Waals surface area contributed by atoms with Crippen molar-refractivity contribution in [2.45, 2.75) is 65.1 Å². The van der Waals surface area contributed by atoms with Gasteiger partial charge in [-0.05, 0) is 64.0 Å². The minimum atomic E-state index is -1.45. The van der Waals surface area contributed by atoms with E-state index >= 15 is 0 Å². The molecule has 1 aromatic rings. The molecule has 0 spiro atoms. The molecule has 3 aliphatic rings. The molecule has 168 valence electrons. The molecule has 0 aromatic heterocycles. The van der Waals surface area contributed by atoms with Crippen molar-refractivity contribution >= 4 is 17.5 Å². The lowest BCUT2D eigenvalue weighted by molar-refractivity contribution is -0.157. The number of aliphatic hydroxyl groups is 1. The summed E-state index contributed by atoms with van der Waals surface area (Å²) in [6.07, 6.45) is 6.84. The summed E-state index contributed by atoms with van der Waals surface area (Å²) in [4.78, 5) is 39.0. The van der Waals surface area contributed by atoms with Gasteiger partial charge >= 0.3 is 5.97 Å². The van der Waals surface area contributed by atoms with Crippen LogP contribution in [0.5, 0.6) is 11.5 Å². The minimum absolute atomic E-state index is 0.234. The highest BCUT2D eigenvalue weighted by Crippen LogP contribution is 2.63. The number of esters is 1. The van der Waals surface area contributed by atoms with Crippen molar-refractivity contribution in [3.05, 3.63) is 58.7 Å². The number of hydrogen-bond donors (Lipinski definition) is 1. The van der Waals surface area contributed by atoms with Crippen LogP contribution >= 0.6 is 0 Å². The smallest absolute Gasteiger partial charge is 0.308 e. The number of ether oxygens (including phenoxy) is 2. The van der Waals surface area contributed by atoms with Gasteiger partial charge in [-0.15, -0.1) is 0 Å². The highest BCUT2D eigenvalue weighted by atomic mass is 16.5. The predicted octanol–water partition coefficient (Wildman–Crippen LogP) is 3.90. The zero-order valence-electron chi connectivity index (χ0n) is 19.2. The van der Waals surface area contributed by atoms with Crippen LogP contribution in [0, 0.1) is 12.3 Å². The van der Waals surface area contributed by atoms with Crippen molar-refractivity contribution in [1.82, 2.24) is 0 Å². The van der Waals surface area contributed by atoms with Crippen LogP contribution in [0.25, 0.3) is 0 Å². The van der Waals surface area contributed by atoms with Crippen molar-refractivity contribution in [3.8, 4) is 11.5 Å². The first kappa shape index (κ1) is 22.2. The normalized spacial score (nSPS) is 29.0. The van der Waals surface area contributed by atoms with Gasteiger partial charge in [0.05, 0.1) is 5.60 Å². The molecular weight excluding hydrogens is 408 g/mol. The third-order valence-corrected chi connectivity index (χ3v) is 6.55. The molecule has 32 heavy (non-hydrogen) atoms. The Morgan fingerprint density at radius 1 is 1.25 bits per heavy atom. The first-order valence-corrected chi connectivity index (χ1v) is 10.7. The summed E-state index contributed by atoms with van der Waals surface area (Å²) in [5.41, 5.74) is -1.37. The number of carbonyl (C=O) groups is 3. The second-order valence-corrected chi connectivity index (χ2v) is 9.72. The fraction of sp³-hybridized carbons (Fsp3) is 0.423. The summed E-state index contributed by atoms with van der Waals surface area (Å²) in [6, 6.07) is 3.48.